The van der Waals surface area contributed by atoms with E-state index in [-0.39, 0.29) is 24.6 Å². The molecule has 20 heavy (non-hydrogen) atoms. The van der Waals surface area contributed by atoms with Gasteiger partial charge >= 0.3 is 5.97 Å². The number of nitrogens with one attached hydrogen (secondary N) is 1. The minimum Gasteiger partial charge on any atom is -0.469 e. The Morgan fingerprint density at radius 2 is 2.10 bits per heavy atom. The topological polar surface area (TPSA) is 73.9 Å². The summed E-state index contributed by atoms with van der Waals surface area (Å²) in [6.07, 6.45) is 3.12. The van der Waals surface area contributed by atoms with Gasteiger partial charge < -0.3 is 9.47 Å². The molecule has 1 rings (SSSR count). The molecule has 0 bridgehead atoms. The van der Waals surface area contributed by atoms with Crippen LogP contribution in [0.5, 0.6) is 0 Å². The molecule has 1 fully saturated rings. The van der Waals surface area contributed by atoms with Crippen LogP contribution in [-0.2, 0) is 23.9 Å². The molecule has 1 amide bonds. The standard InChI is InChI=1S/C14H25NO5/c1-10(2)8-11(14(17)18-3)9-12(16)15-20-13-6-4-5-7-19-13/h10-11,13H,4-9H2,1-3H3,(H,15,16). The molecular weight excluding hydrogens is 262 g/mol. The van der Waals surface area contributed by atoms with Gasteiger partial charge in [-0.25, -0.2) is 10.3 Å². The average molecular weight is 287 g/mol. The number of carbonyl (C=O) groups excluding carboxylic acids is 2. The Kier molecular flexibility index (Phi) is 7.54. The second-order valence-corrected chi connectivity index (χ2v) is 5.49. The predicted molar refractivity (Wildman–Crippen MR) is 72.4 cm³/mol. The van der Waals surface area contributed by atoms with Crippen LogP contribution in [0.1, 0.15) is 46.0 Å². The van der Waals surface area contributed by atoms with E-state index >= 15 is 0 Å². The van der Waals surface area contributed by atoms with Crippen LogP contribution in [0.15, 0.2) is 0 Å². The molecule has 1 heterocycles. The van der Waals surface area contributed by atoms with Crippen molar-refractivity contribution in [1.82, 2.24) is 5.48 Å². The average Bonchev–Trinajstić information content (AvgIpc) is 2.44. The van der Waals surface area contributed by atoms with Gasteiger partial charge in [0.25, 0.3) is 0 Å². The molecular formula is C14H25NO5. The molecule has 1 aliphatic rings. The smallest absolute Gasteiger partial charge is 0.309 e. The second-order valence-electron chi connectivity index (χ2n) is 5.49. The summed E-state index contributed by atoms with van der Waals surface area (Å²) >= 11 is 0. The van der Waals surface area contributed by atoms with Crippen LogP contribution in [-0.4, -0.2) is 31.9 Å². The number of carbonyl (C=O) groups is 2. The molecule has 1 saturated heterocycles. The largest absolute Gasteiger partial charge is 0.469 e. The third-order valence-corrected chi connectivity index (χ3v) is 3.16. The van der Waals surface area contributed by atoms with Crippen LogP contribution in [0, 0.1) is 11.8 Å². The van der Waals surface area contributed by atoms with Crippen LogP contribution in [0.3, 0.4) is 0 Å². The van der Waals surface area contributed by atoms with E-state index in [1.807, 2.05) is 13.8 Å². The van der Waals surface area contributed by atoms with Gasteiger partial charge in [-0.1, -0.05) is 13.8 Å². The number of methoxy groups -OCH3 is 1. The highest BCUT2D eigenvalue weighted by atomic mass is 16.8. The lowest BCUT2D eigenvalue weighted by atomic mass is 9.94. The lowest BCUT2D eigenvalue weighted by molar-refractivity contribution is -0.201. The van der Waals surface area contributed by atoms with Crippen molar-refractivity contribution in [2.45, 2.75) is 52.2 Å². The summed E-state index contributed by atoms with van der Waals surface area (Å²) in [7, 11) is 1.33. The van der Waals surface area contributed by atoms with Crippen molar-refractivity contribution in [2.75, 3.05) is 13.7 Å². The summed E-state index contributed by atoms with van der Waals surface area (Å²) in [4.78, 5) is 28.6. The highest BCUT2D eigenvalue weighted by molar-refractivity contribution is 5.82. The number of hydrogen-bond donors (Lipinski definition) is 1. The number of amides is 1. The third-order valence-electron chi connectivity index (χ3n) is 3.16. The number of hydrogen-bond acceptors (Lipinski definition) is 5. The lowest BCUT2D eigenvalue weighted by Gasteiger charge is -2.22. The fourth-order valence-corrected chi connectivity index (χ4v) is 2.20. The zero-order valence-electron chi connectivity index (χ0n) is 12.5. The molecule has 116 valence electrons. The zero-order chi connectivity index (χ0) is 15.0. The number of hydroxylamine groups is 1. The Balaban J connectivity index is 2.34. The van der Waals surface area contributed by atoms with Crippen molar-refractivity contribution >= 4 is 11.9 Å². The van der Waals surface area contributed by atoms with Gasteiger partial charge in [0.1, 0.15) is 0 Å². The van der Waals surface area contributed by atoms with Crippen LogP contribution < -0.4 is 5.48 Å². The van der Waals surface area contributed by atoms with E-state index < -0.39 is 5.92 Å². The molecule has 0 aromatic carbocycles. The van der Waals surface area contributed by atoms with Crippen LogP contribution in [0.25, 0.3) is 0 Å². The first kappa shape index (κ1) is 16.9. The summed E-state index contributed by atoms with van der Waals surface area (Å²) in [5.41, 5.74) is 2.36. The first-order valence-corrected chi connectivity index (χ1v) is 7.16. The molecule has 1 N–H and O–H groups in total. The fraction of sp³-hybridized carbons (Fsp3) is 0.857. The molecule has 1 aliphatic heterocycles. The fourth-order valence-electron chi connectivity index (χ4n) is 2.20. The molecule has 6 nitrogen and oxygen atoms in total. The van der Waals surface area contributed by atoms with Gasteiger partial charge in [-0.3, -0.25) is 9.59 Å². The monoisotopic (exact) mass is 287 g/mol. The lowest BCUT2D eigenvalue weighted by Crippen LogP contribution is -2.35. The minimum atomic E-state index is -0.434. The summed E-state index contributed by atoms with van der Waals surface area (Å²) in [6, 6.07) is 0. The molecule has 0 aromatic rings. The molecule has 0 aromatic heterocycles. The molecule has 2 unspecified atom stereocenters. The highest BCUT2D eigenvalue weighted by Crippen LogP contribution is 2.17. The van der Waals surface area contributed by atoms with Gasteiger partial charge in [-0.15, -0.1) is 0 Å². The normalized spacial score (nSPS) is 20.5. The minimum absolute atomic E-state index is 0.0670. The maximum atomic E-state index is 11.8. The molecule has 0 saturated carbocycles. The highest BCUT2D eigenvalue weighted by Gasteiger charge is 2.24. The Labute approximate surface area is 120 Å². The number of esters is 1. The van der Waals surface area contributed by atoms with E-state index in [9.17, 15) is 9.59 Å². The van der Waals surface area contributed by atoms with E-state index in [1.165, 1.54) is 7.11 Å². The molecule has 6 heteroatoms. The Hall–Kier alpha value is -1.14. The quantitative estimate of drug-likeness (QED) is 0.571. The molecule has 0 aliphatic carbocycles. The molecule has 0 spiro atoms. The summed E-state index contributed by atoms with van der Waals surface area (Å²) in [5, 5.41) is 0. The number of rotatable bonds is 7. The first-order valence-electron chi connectivity index (χ1n) is 7.16. The first-order chi connectivity index (χ1) is 9.52. The number of ether oxygens (including phenoxy) is 2. The third kappa shape index (κ3) is 6.34. The van der Waals surface area contributed by atoms with Crippen molar-refractivity contribution in [1.29, 1.82) is 0 Å². The predicted octanol–water partition coefficient (Wildman–Crippen LogP) is 1.79. The van der Waals surface area contributed by atoms with Crippen molar-refractivity contribution in [2.24, 2.45) is 11.8 Å². The summed E-state index contributed by atoms with van der Waals surface area (Å²) in [6.45, 7) is 4.65. The Morgan fingerprint density at radius 1 is 1.35 bits per heavy atom. The maximum Gasteiger partial charge on any atom is 0.309 e. The van der Waals surface area contributed by atoms with Gasteiger partial charge in [-0.05, 0) is 25.2 Å². The Morgan fingerprint density at radius 3 is 2.65 bits per heavy atom. The van der Waals surface area contributed by atoms with Crippen molar-refractivity contribution in [3.63, 3.8) is 0 Å². The van der Waals surface area contributed by atoms with Gasteiger partial charge in [0, 0.05) is 19.4 Å². The van der Waals surface area contributed by atoms with E-state index in [0.29, 0.717) is 18.9 Å². The SMILES string of the molecule is COC(=O)C(CC(=O)NOC1CCCCO1)CC(C)C. The van der Waals surface area contributed by atoms with Crippen LogP contribution >= 0.6 is 0 Å². The molecule has 0 radical (unpaired) electrons. The second kappa shape index (κ2) is 8.92. The van der Waals surface area contributed by atoms with Crippen molar-refractivity contribution in [3.05, 3.63) is 0 Å². The molecule has 2 atom stereocenters. The van der Waals surface area contributed by atoms with E-state index in [2.05, 4.69) is 5.48 Å². The van der Waals surface area contributed by atoms with Gasteiger partial charge in [0.15, 0.2) is 6.29 Å². The summed E-state index contributed by atoms with van der Waals surface area (Å²) < 4.78 is 10.1. The van der Waals surface area contributed by atoms with Gasteiger partial charge in [-0.2, -0.15) is 0 Å². The zero-order valence-corrected chi connectivity index (χ0v) is 12.5. The van der Waals surface area contributed by atoms with Crippen molar-refractivity contribution in [3.8, 4) is 0 Å². The maximum absolute atomic E-state index is 11.8. The van der Waals surface area contributed by atoms with Crippen LogP contribution in [0.4, 0.5) is 0 Å². The summed E-state index contributed by atoms with van der Waals surface area (Å²) in [5.74, 6) is -0.802. The van der Waals surface area contributed by atoms with Gasteiger partial charge in [0.05, 0.1) is 13.0 Å². The Bertz CT molecular complexity index is 313. The van der Waals surface area contributed by atoms with E-state index in [1.54, 1.807) is 0 Å². The van der Waals surface area contributed by atoms with E-state index in [4.69, 9.17) is 14.3 Å². The van der Waals surface area contributed by atoms with Crippen molar-refractivity contribution < 1.29 is 23.9 Å². The van der Waals surface area contributed by atoms with Gasteiger partial charge in [0.2, 0.25) is 5.91 Å². The van der Waals surface area contributed by atoms with Crippen LogP contribution in [0.2, 0.25) is 0 Å². The van der Waals surface area contributed by atoms with E-state index in [0.717, 1.165) is 19.3 Å².